The monoisotopic (exact) mass is 390 g/mol. The number of hydrazine groups is 1. The zero-order chi connectivity index (χ0) is 14.5. The summed E-state index contributed by atoms with van der Waals surface area (Å²) in [6, 6.07) is 13.5. The zero-order valence-electron chi connectivity index (χ0n) is 10.4. The summed E-state index contributed by atoms with van der Waals surface area (Å²) < 4.78 is 1.06. The highest BCUT2D eigenvalue weighted by Gasteiger charge is 2.14. The van der Waals surface area contributed by atoms with Crippen molar-refractivity contribution >= 4 is 50.9 Å². The Labute approximate surface area is 141 Å². The lowest BCUT2D eigenvalue weighted by Crippen LogP contribution is -2.29. The molecule has 0 fully saturated rings. The van der Waals surface area contributed by atoms with Crippen molar-refractivity contribution in [2.75, 3.05) is 5.75 Å². The fourth-order valence-corrected chi connectivity index (χ4v) is 3.38. The Morgan fingerprint density at radius 2 is 1.85 bits per heavy atom. The van der Waals surface area contributed by atoms with Crippen LogP contribution in [0.2, 0.25) is 10.0 Å². The molecule has 0 amide bonds. The van der Waals surface area contributed by atoms with Gasteiger partial charge in [0.2, 0.25) is 0 Å². The lowest BCUT2D eigenvalue weighted by atomic mass is 10.1. The molecule has 1 unspecified atom stereocenters. The molecule has 0 aliphatic carbocycles. The highest BCUT2D eigenvalue weighted by atomic mass is 79.9. The molecule has 0 saturated carbocycles. The summed E-state index contributed by atoms with van der Waals surface area (Å²) in [5.74, 6) is 6.40. The van der Waals surface area contributed by atoms with Gasteiger partial charge < -0.3 is 0 Å². The van der Waals surface area contributed by atoms with Gasteiger partial charge >= 0.3 is 0 Å². The van der Waals surface area contributed by atoms with Crippen molar-refractivity contribution in [3.63, 3.8) is 0 Å². The standard InChI is InChI=1S/C14H13BrCl2N2S/c15-9-1-4-11(5-2-9)20-8-14(19-18)12-7-10(16)3-6-13(12)17/h1-7,14,19H,8,18H2. The number of rotatable bonds is 5. The summed E-state index contributed by atoms with van der Waals surface area (Å²) in [6.45, 7) is 0. The topological polar surface area (TPSA) is 38.0 Å². The molecule has 0 heterocycles. The first-order chi connectivity index (χ1) is 9.60. The van der Waals surface area contributed by atoms with E-state index >= 15 is 0 Å². The van der Waals surface area contributed by atoms with Gasteiger partial charge in [-0.2, -0.15) is 0 Å². The molecule has 0 bridgehead atoms. The summed E-state index contributed by atoms with van der Waals surface area (Å²) >= 11 is 17.3. The Hall–Kier alpha value is -0.230. The van der Waals surface area contributed by atoms with Crippen molar-refractivity contribution in [2.45, 2.75) is 10.9 Å². The SMILES string of the molecule is NNC(CSc1ccc(Br)cc1)c1cc(Cl)ccc1Cl. The van der Waals surface area contributed by atoms with Crippen LogP contribution in [0.3, 0.4) is 0 Å². The Bertz CT molecular complexity index is 578. The first-order valence-electron chi connectivity index (χ1n) is 5.89. The van der Waals surface area contributed by atoms with E-state index in [9.17, 15) is 0 Å². The molecule has 0 aliphatic heterocycles. The second-order valence-electron chi connectivity index (χ2n) is 4.15. The van der Waals surface area contributed by atoms with Gasteiger partial charge in [-0.15, -0.1) is 11.8 Å². The Balaban J connectivity index is 2.09. The molecule has 2 aromatic carbocycles. The lowest BCUT2D eigenvalue weighted by Gasteiger charge is -2.17. The number of hydrogen-bond donors (Lipinski definition) is 2. The fraction of sp³-hybridized carbons (Fsp3) is 0.143. The fourth-order valence-electron chi connectivity index (χ4n) is 1.72. The van der Waals surface area contributed by atoms with Crippen LogP contribution >= 0.6 is 50.9 Å². The number of nitrogens with two attached hydrogens (primary N) is 1. The van der Waals surface area contributed by atoms with E-state index in [-0.39, 0.29) is 6.04 Å². The molecule has 0 aromatic heterocycles. The first-order valence-corrected chi connectivity index (χ1v) is 8.43. The molecule has 0 radical (unpaired) electrons. The van der Waals surface area contributed by atoms with Gasteiger partial charge in [0.05, 0.1) is 6.04 Å². The minimum atomic E-state index is -0.0603. The molecule has 2 rings (SSSR count). The van der Waals surface area contributed by atoms with E-state index in [2.05, 4.69) is 33.5 Å². The van der Waals surface area contributed by atoms with Gasteiger partial charge in [0, 0.05) is 25.2 Å². The molecular formula is C14H13BrCl2N2S. The van der Waals surface area contributed by atoms with E-state index < -0.39 is 0 Å². The van der Waals surface area contributed by atoms with E-state index in [4.69, 9.17) is 29.0 Å². The van der Waals surface area contributed by atoms with Crippen LogP contribution in [0.4, 0.5) is 0 Å². The molecule has 0 aliphatic rings. The zero-order valence-corrected chi connectivity index (χ0v) is 14.4. The third-order valence-electron chi connectivity index (χ3n) is 2.76. The third kappa shape index (κ3) is 4.38. The van der Waals surface area contributed by atoms with Gasteiger partial charge in [0.25, 0.3) is 0 Å². The predicted molar refractivity (Wildman–Crippen MR) is 91.4 cm³/mol. The van der Waals surface area contributed by atoms with Crippen LogP contribution in [0, 0.1) is 0 Å². The van der Waals surface area contributed by atoms with Crippen molar-refractivity contribution in [1.29, 1.82) is 0 Å². The van der Waals surface area contributed by atoms with Crippen LogP contribution in [-0.4, -0.2) is 5.75 Å². The first kappa shape index (κ1) is 16.1. The third-order valence-corrected chi connectivity index (χ3v) is 4.98. The molecular weight excluding hydrogens is 379 g/mol. The molecule has 6 heteroatoms. The van der Waals surface area contributed by atoms with Crippen molar-refractivity contribution < 1.29 is 0 Å². The maximum atomic E-state index is 6.20. The Kier molecular flexibility index (Phi) is 6.20. The van der Waals surface area contributed by atoms with Crippen molar-refractivity contribution in [3.05, 3.63) is 62.5 Å². The lowest BCUT2D eigenvalue weighted by molar-refractivity contribution is 0.611. The predicted octanol–water partition coefficient (Wildman–Crippen LogP) is 5.05. The molecule has 2 nitrogen and oxygen atoms in total. The quantitative estimate of drug-likeness (QED) is 0.425. The van der Waals surface area contributed by atoms with E-state index in [1.54, 1.807) is 23.9 Å². The number of halogens is 3. The van der Waals surface area contributed by atoms with Gasteiger partial charge in [-0.3, -0.25) is 11.3 Å². The summed E-state index contributed by atoms with van der Waals surface area (Å²) in [7, 11) is 0. The van der Waals surface area contributed by atoms with Crippen molar-refractivity contribution in [2.24, 2.45) is 5.84 Å². The summed E-state index contributed by atoms with van der Waals surface area (Å²) in [5, 5.41) is 1.31. The normalized spacial score (nSPS) is 12.4. The number of nitrogens with one attached hydrogen (secondary N) is 1. The van der Waals surface area contributed by atoms with Crippen molar-refractivity contribution in [3.8, 4) is 0 Å². The maximum absolute atomic E-state index is 6.20. The van der Waals surface area contributed by atoms with Crippen LogP contribution in [0.5, 0.6) is 0 Å². The number of thioether (sulfide) groups is 1. The van der Waals surface area contributed by atoms with E-state index in [1.165, 1.54) is 4.90 Å². The van der Waals surface area contributed by atoms with Gasteiger partial charge in [-0.1, -0.05) is 39.1 Å². The van der Waals surface area contributed by atoms with E-state index in [1.807, 2.05) is 18.2 Å². The minimum absolute atomic E-state index is 0.0603. The van der Waals surface area contributed by atoms with Gasteiger partial charge in [0.15, 0.2) is 0 Å². The largest absolute Gasteiger partial charge is 0.271 e. The van der Waals surface area contributed by atoms with Gasteiger partial charge in [-0.05, 0) is 48.0 Å². The summed E-state index contributed by atoms with van der Waals surface area (Å²) in [5.41, 5.74) is 3.70. The Morgan fingerprint density at radius 1 is 1.15 bits per heavy atom. The second-order valence-corrected chi connectivity index (χ2v) is 7.00. The van der Waals surface area contributed by atoms with E-state index in [0.717, 1.165) is 15.8 Å². The van der Waals surface area contributed by atoms with E-state index in [0.29, 0.717) is 10.0 Å². The highest BCUT2D eigenvalue weighted by Crippen LogP contribution is 2.30. The summed E-state index contributed by atoms with van der Waals surface area (Å²) in [6.07, 6.45) is 0. The molecule has 0 saturated heterocycles. The Morgan fingerprint density at radius 3 is 2.50 bits per heavy atom. The molecule has 2 aromatic rings. The smallest absolute Gasteiger partial charge is 0.0569 e. The molecule has 0 spiro atoms. The van der Waals surface area contributed by atoms with Crippen molar-refractivity contribution in [1.82, 2.24) is 5.43 Å². The maximum Gasteiger partial charge on any atom is 0.0569 e. The van der Waals surface area contributed by atoms with Crippen LogP contribution < -0.4 is 11.3 Å². The van der Waals surface area contributed by atoms with Crippen LogP contribution in [0.1, 0.15) is 11.6 Å². The van der Waals surface area contributed by atoms with Crippen LogP contribution in [0.15, 0.2) is 51.8 Å². The van der Waals surface area contributed by atoms with Gasteiger partial charge in [0.1, 0.15) is 0 Å². The molecule has 106 valence electrons. The van der Waals surface area contributed by atoms with Crippen LogP contribution in [-0.2, 0) is 0 Å². The molecule has 20 heavy (non-hydrogen) atoms. The molecule has 3 N–H and O–H groups in total. The van der Waals surface area contributed by atoms with Crippen LogP contribution in [0.25, 0.3) is 0 Å². The molecule has 1 atom stereocenters. The van der Waals surface area contributed by atoms with Gasteiger partial charge in [-0.25, -0.2) is 0 Å². The number of hydrogen-bond acceptors (Lipinski definition) is 3. The average Bonchev–Trinajstić information content (AvgIpc) is 2.45. The highest BCUT2D eigenvalue weighted by molar-refractivity contribution is 9.10. The minimum Gasteiger partial charge on any atom is -0.271 e. The average molecular weight is 392 g/mol. The number of benzene rings is 2. The summed E-state index contributed by atoms with van der Waals surface area (Å²) in [4.78, 5) is 1.17. The second kappa shape index (κ2) is 7.69.